The second kappa shape index (κ2) is 5.53. The van der Waals surface area contributed by atoms with Crippen molar-refractivity contribution in [1.82, 2.24) is 5.32 Å². The van der Waals surface area contributed by atoms with Gasteiger partial charge in [0, 0.05) is 16.6 Å². The molecule has 1 N–H and O–H groups in total. The molecule has 1 unspecified atom stereocenters. The van der Waals surface area contributed by atoms with E-state index in [4.69, 9.17) is 16.9 Å². The molecular formula is C12H13ClN2O. The van der Waals surface area contributed by atoms with Crippen LogP contribution in [0.25, 0.3) is 0 Å². The van der Waals surface area contributed by atoms with E-state index in [1.165, 1.54) is 0 Å². The van der Waals surface area contributed by atoms with Crippen LogP contribution in [0.1, 0.15) is 29.3 Å². The lowest BCUT2D eigenvalue weighted by Crippen LogP contribution is -2.32. The number of hydrogen-bond acceptors (Lipinski definition) is 2. The number of benzene rings is 1. The molecule has 3 nitrogen and oxygen atoms in total. The topological polar surface area (TPSA) is 52.9 Å². The first-order valence-electron chi connectivity index (χ1n) is 4.98. The Morgan fingerprint density at radius 3 is 2.88 bits per heavy atom. The number of nitriles is 1. The number of carbonyl (C=O) groups is 1. The van der Waals surface area contributed by atoms with Crippen LogP contribution in [0, 0.1) is 18.3 Å². The molecule has 0 aromatic heterocycles. The number of nitrogens with zero attached hydrogens (tertiary/aromatic N) is 1. The van der Waals surface area contributed by atoms with E-state index >= 15 is 0 Å². The van der Waals surface area contributed by atoms with E-state index in [2.05, 4.69) is 5.32 Å². The van der Waals surface area contributed by atoms with Gasteiger partial charge >= 0.3 is 0 Å². The van der Waals surface area contributed by atoms with Crippen molar-refractivity contribution >= 4 is 17.5 Å². The van der Waals surface area contributed by atoms with Crippen LogP contribution >= 0.6 is 11.6 Å². The van der Waals surface area contributed by atoms with Crippen LogP contribution in [0.5, 0.6) is 0 Å². The van der Waals surface area contributed by atoms with Gasteiger partial charge in [-0.25, -0.2) is 0 Å². The fraction of sp³-hybridized carbons (Fsp3) is 0.333. The van der Waals surface area contributed by atoms with Gasteiger partial charge in [-0.2, -0.15) is 5.26 Å². The van der Waals surface area contributed by atoms with Crippen molar-refractivity contribution in [2.24, 2.45) is 0 Å². The first kappa shape index (κ1) is 12.5. The summed E-state index contributed by atoms with van der Waals surface area (Å²) in [6.45, 7) is 3.63. The Hall–Kier alpha value is -1.53. The Morgan fingerprint density at radius 1 is 1.62 bits per heavy atom. The summed E-state index contributed by atoms with van der Waals surface area (Å²) in [4.78, 5) is 11.8. The van der Waals surface area contributed by atoms with E-state index in [1.54, 1.807) is 25.1 Å². The number of aryl methyl sites for hydroxylation is 1. The largest absolute Gasteiger partial charge is 0.349 e. The lowest BCUT2D eigenvalue weighted by molar-refractivity contribution is 0.0940. The maximum atomic E-state index is 11.8. The van der Waals surface area contributed by atoms with Crippen LogP contribution in [0.3, 0.4) is 0 Å². The van der Waals surface area contributed by atoms with Crippen molar-refractivity contribution < 1.29 is 4.79 Å². The first-order valence-corrected chi connectivity index (χ1v) is 5.36. The number of halogens is 1. The molecule has 0 aliphatic carbocycles. The van der Waals surface area contributed by atoms with Crippen molar-refractivity contribution in [3.8, 4) is 6.07 Å². The highest BCUT2D eigenvalue weighted by atomic mass is 35.5. The Bertz CT molecular complexity index is 437. The molecule has 0 spiro atoms. The molecule has 1 rings (SSSR count). The highest BCUT2D eigenvalue weighted by Crippen LogP contribution is 2.15. The SMILES string of the molecule is Cc1cc(Cl)ccc1C(=O)NC(C)CC#N. The standard InChI is InChI=1S/C12H13ClN2O/c1-8-7-10(13)3-4-11(8)12(16)15-9(2)5-6-14/h3-4,7,9H,5H2,1-2H3,(H,15,16). The molecule has 0 aliphatic rings. The van der Waals surface area contributed by atoms with Gasteiger partial charge in [0.05, 0.1) is 12.5 Å². The van der Waals surface area contributed by atoms with E-state index in [1.807, 2.05) is 13.0 Å². The third-order valence-electron chi connectivity index (χ3n) is 2.21. The maximum absolute atomic E-state index is 11.8. The Morgan fingerprint density at radius 2 is 2.31 bits per heavy atom. The van der Waals surface area contributed by atoms with Crippen LogP contribution in [0.15, 0.2) is 18.2 Å². The molecule has 84 valence electrons. The molecule has 0 fully saturated rings. The molecule has 1 aromatic rings. The molecule has 1 aromatic carbocycles. The summed E-state index contributed by atoms with van der Waals surface area (Å²) in [5, 5.41) is 11.9. The average Bonchev–Trinajstić information content (AvgIpc) is 2.17. The second-order valence-electron chi connectivity index (χ2n) is 3.70. The van der Waals surface area contributed by atoms with Gasteiger partial charge in [0.15, 0.2) is 0 Å². The van der Waals surface area contributed by atoms with Gasteiger partial charge in [-0.1, -0.05) is 11.6 Å². The monoisotopic (exact) mass is 236 g/mol. The maximum Gasteiger partial charge on any atom is 0.251 e. The molecule has 1 amide bonds. The highest BCUT2D eigenvalue weighted by molar-refractivity contribution is 6.30. The molecule has 0 radical (unpaired) electrons. The van der Waals surface area contributed by atoms with E-state index < -0.39 is 0 Å². The van der Waals surface area contributed by atoms with Gasteiger partial charge < -0.3 is 5.32 Å². The van der Waals surface area contributed by atoms with Crippen molar-refractivity contribution in [1.29, 1.82) is 5.26 Å². The molecule has 0 bridgehead atoms. The van der Waals surface area contributed by atoms with Gasteiger partial charge in [-0.05, 0) is 37.6 Å². The van der Waals surface area contributed by atoms with Gasteiger partial charge in [0.1, 0.15) is 0 Å². The van der Waals surface area contributed by atoms with Crippen molar-refractivity contribution in [3.05, 3.63) is 34.3 Å². The minimum Gasteiger partial charge on any atom is -0.349 e. The predicted octanol–water partition coefficient (Wildman–Crippen LogP) is 2.68. The lowest BCUT2D eigenvalue weighted by atomic mass is 10.1. The zero-order valence-electron chi connectivity index (χ0n) is 9.25. The number of rotatable bonds is 3. The third kappa shape index (κ3) is 3.25. The Labute approximate surface area is 100 Å². The molecular weight excluding hydrogens is 224 g/mol. The van der Waals surface area contributed by atoms with Crippen molar-refractivity contribution in [2.45, 2.75) is 26.3 Å². The smallest absolute Gasteiger partial charge is 0.251 e. The van der Waals surface area contributed by atoms with Crippen molar-refractivity contribution in [3.63, 3.8) is 0 Å². The number of carbonyl (C=O) groups excluding carboxylic acids is 1. The fourth-order valence-corrected chi connectivity index (χ4v) is 1.60. The van der Waals surface area contributed by atoms with E-state index in [0.29, 0.717) is 17.0 Å². The minimum absolute atomic E-state index is 0.146. The predicted molar refractivity (Wildman–Crippen MR) is 63.3 cm³/mol. The van der Waals surface area contributed by atoms with E-state index in [9.17, 15) is 4.79 Å². The molecule has 0 heterocycles. The fourth-order valence-electron chi connectivity index (χ4n) is 1.37. The summed E-state index contributed by atoms with van der Waals surface area (Å²) in [5.74, 6) is -0.170. The minimum atomic E-state index is -0.170. The van der Waals surface area contributed by atoms with Crippen LogP contribution in [-0.4, -0.2) is 11.9 Å². The molecule has 16 heavy (non-hydrogen) atoms. The summed E-state index contributed by atoms with van der Waals surface area (Å²) in [6.07, 6.45) is 0.304. The van der Waals surface area contributed by atoms with Crippen LogP contribution in [-0.2, 0) is 0 Å². The Balaban J connectivity index is 2.78. The molecule has 4 heteroatoms. The summed E-state index contributed by atoms with van der Waals surface area (Å²) >= 11 is 5.80. The normalized spacial score (nSPS) is 11.6. The van der Waals surface area contributed by atoms with Gasteiger partial charge in [-0.15, -0.1) is 0 Å². The zero-order chi connectivity index (χ0) is 12.1. The average molecular weight is 237 g/mol. The van der Waals surface area contributed by atoms with Crippen molar-refractivity contribution in [2.75, 3.05) is 0 Å². The molecule has 1 atom stereocenters. The van der Waals surface area contributed by atoms with Gasteiger partial charge in [-0.3, -0.25) is 4.79 Å². The summed E-state index contributed by atoms with van der Waals surface area (Å²) < 4.78 is 0. The van der Waals surface area contributed by atoms with Crippen LogP contribution in [0.4, 0.5) is 0 Å². The quantitative estimate of drug-likeness (QED) is 0.877. The molecule has 0 saturated heterocycles. The second-order valence-corrected chi connectivity index (χ2v) is 4.13. The van der Waals surface area contributed by atoms with Gasteiger partial charge in [0.2, 0.25) is 0 Å². The van der Waals surface area contributed by atoms with Gasteiger partial charge in [0.25, 0.3) is 5.91 Å². The lowest BCUT2D eigenvalue weighted by Gasteiger charge is -2.11. The number of nitrogens with one attached hydrogen (secondary N) is 1. The Kier molecular flexibility index (Phi) is 4.33. The summed E-state index contributed by atoms with van der Waals surface area (Å²) in [6, 6.07) is 6.97. The van der Waals surface area contributed by atoms with Crippen LogP contribution in [0.2, 0.25) is 5.02 Å². The number of amides is 1. The first-order chi connectivity index (χ1) is 7.54. The highest BCUT2D eigenvalue weighted by Gasteiger charge is 2.11. The zero-order valence-corrected chi connectivity index (χ0v) is 10.0. The molecule has 0 saturated carbocycles. The van der Waals surface area contributed by atoms with E-state index in [0.717, 1.165) is 5.56 Å². The van der Waals surface area contributed by atoms with Crippen LogP contribution < -0.4 is 5.32 Å². The number of hydrogen-bond donors (Lipinski definition) is 1. The van der Waals surface area contributed by atoms with E-state index in [-0.39, 0.29) is 11.9 Å². The third-order valence-corrected chi connectivity index (χ3v) is 2.44. The summed E-state index contributed by atoms with van der Waals surface area (Å²) in [7, 11) is 0. The summed E-state index contributed by atoms with van der Waals surface area (Å²) in [5.41, 5.74) is 1.42. The molecule has 0 aliphatic heterocycles.